The Kier molecular flexibility index (Phi) is 4.37. The number of halogens is 1. The van der Waals surface area contributed by atoms with Crippen LogP contribution < -0.4 is 10.3 Å². The third-order valence-corrected chi connectivity index (χ3v) is 2.89. The van der Waals surface area contributed by atoms with Crippen LogP contribution in [-0.2, 0) is 4.74 Å². The van der Waals surface area contributed by atoms with Crippen molar-refractivity contribution in [1.29, 1.82) is 0 Å². The molecule has 1 aromatic heterocycles. The van der Waals surface area contributed by atoms with E-state index >= 15 is 0 Å². The molecule has 0 radical (unpaired) electrons. The summed E-state index contributed by atoms with van der Waals surface area (Å²) >= 11 is 0. The molecule has 0 spiro atoms. The van der Waals surface area contributed by atoms with Crippen LogP contribution in [0.1, 0.15) is 17.3 Å². The molecule has 0 unspecified atom stereocenters. The highest BCUT2D eigenvalue weighted by Crippen LogP contribution is 2.31. The van der Waals surface area contributed by atoms with E-state index in [0.717, 1.165) is 0 Å². The maximum absolute atomic E-state index is 13.0. The van der Waals surface area contributed by atoms with E-state index in [1.807, 2.05) is 0 Å². The van der Waals surface area contributed by atoms with Crippen LogP contribution >= 0.6 is 0 Å². The molecular weight excluding hydrogens is 277 g/mol. The van der Waals surface area contributed by atoms with Gasteiger partial charge in [0.2, 0.25) is 0 Å². The van der Waals surface area contributed by atoms with E-state index < -0.39 is 11.5 Å². The normalized spacial score (nSPS) is 10.2. The molecular formula is C15H14FNO4. The van der Waals surface area contributed by atoms with Crippen molar-refractivity contribution in [2.45, 2.75) is 6.92 Å². The average Bonchev–Trinajstić information content (AvgIpc) is 2.48. The van der Waals surface area contributed by atoms with Gasteiger partial charge in [0.15, 0.2) is 5.56 Å². The van der Waals surface area contributed by atoms with Crippen molar-refractivity contribution in [2.75, 3.05) is 13.7 Å². The van der Waals surface area contributed by atoms with E-state index in [1.54, 1.807) is 6.92 Å². The van der Waals surface area contributed by atoms with Crippen LogP contribution in [0.15, 0.2) is 35.3 Å². The molecule has 0 aliphatic rings. The molecule has 1 aromatic carbocycles. The van der Waals surface area contributed by atoms with Gasteiger partial charge in [0, 0.05) is 11.8 Å². The highest BCUT2D eigenvalue weighted by atomic mass is 19.1. The van der Waals surface area contributed by atoms with Crippen LogP contribution in [0.4, 0.5) is 4.39 Å². The van der Waals surface area contributed by atoms with E-state index in [-0.39, 0.29) is 23.7 Å². The molecule has 21 heavy (non-hydrogen) atoms. The van der Waals surface area contributed by atoms with Crippen molar-refractivity contribution in [3.8, 4) is 16.9 Å². The number of hydrogen-bond acceptors (Lipinski definition) is 4. The van der Waals surface area contributed by atoms with Crippen LogP contribution in [-0.4, -0.2) is 24.7 Å². The second-order valence-electron chi connectivity index (χ2n) is 4.17. The molecule has 2 aromatic rings. The minimum Gasteiger partial charge on any atom is -0.495 e. The number of hydrogen-bond donors (Lipinski definition) is 1. The molecule has 0 aliphatic carbocycles. The Balaban J connectivity index is 2.63. The first kappa shape index (κ1) is 14.8. The van der Waals surface area contributed by atoms with Crippen molar-refractivity contribution in [1.82, 2.24) is 4.98 Å². The summed E-state index contributed by atoms with van der Waals surface area (Å²) in [6.07, 6.45) is 1.41. The van der Waals surface area contributed by atoms with Crippen LogP contribution in [0.25, 0.3) is 11.1 Å². The summed E-state index contributed by atoms with van der Waals surface area (Å²) in [4.78, 5) is 26.2. The number of methoxy groups -OCH3 is 1. The predicted molar refractivity (Wildman–Crippen MR) is 75.0 cm³/mol. The van der Waals surface area contributed by atoms with Gasteiger partial charge in [-0.15, -0.1) is 0 Å². The van der Waals surface area contributed by atoms with Gasteiger partial charge >= 0.3 is 5.97 Å². The smallest absolute Gasteiger partial charge is 0.347 e. The summed E-state index contributed by atoms with van der Waals surface area (Å²) < 4.78 is 23.1. The largest absolute Gasteiger partial charge is 0.495 e. The van der Waals surface area contributed by atoms with Crippen molar-refractivity contribution >= 4 is 5.97 Å². The zero-order valence-electron chi connectivity index (χ0n) is 11.6. The SMILES string of the molecule is CCOC(=O)c1c(OC)c(-c2ccc(F)cc2)c[nH]c1=O. The van der Waals surface area contributed by atoms with Crippen molar-refractivity contribution in [2.24, 2.45) is 0 Å². The van der Waals surface area contributed by atoms with Crippen molar-refractivity contribution in [3.63, 3.8) is 0 Å². The zero-order chi connectivity index (χ0) is 15.4. The van der Waals surface area contributed by atoms with Gasteiger partial charge in [0.05, 0.1) is 13.7 Å². The molecule has 1 heterocycles. The van der Waals surface area contributed by atoms with E-state index in [2.05, 4.69) is 4.98 Å². The fourth-order valence-electron chi connectivity index (χ4n) is 1.96. The lowest BCUT2D eigenvalue weighted by Gasteiger charge is -2.12. The third-order valence-electron chi connectivity index (χ3n) is 2.89. The number of ether oxygens (including phenoxy) is 2. The number of H-pyrrole nitrogens is 1. The molecule has 1 N–H and O–H groups in total. The minimum atomic E-state index is -0.764. The van der Waals surface area contributed by atoms with Crippen LogP contribution in [0, 0.1) is 5.82 Å². The van der Waals surface area contributed by atoms with Gasteiger partial charge in [-0.2, -0.15) is 0 Å². The number of esters is 1. The maximum Gasteiger partial charge on any atom is 0.347 e. The minimum absolute atomic E-state index is 0.101. The Labute approximate surface area is 120 Å². The summed E-state index contributed by atoms with van der Waals surface area (Å²) in [5, 5.41) is 0. The standard InChI is InChI=1S/C15H14FNO4/c1-3-21-15(19)12-13(20-2)11(8-17-14(12)18)9-4-6-10(16)7-5-9/h4-8H,3H2,1-2H3,(H,17,18). The summed E-state index contributed by atoms with van der Waals surface area (Å²) in [5.74, 6) is -1.05. The molecule has 2 rings (SSSR count). The molecule has 5 nitrogen and oxygen atoms in total. The number of carbonyl (C=O) groups is 1. The van der Waals surface area contributed by atoms with Gasteiger partial charge in [-0.1, -0.05) is 12.1 Å². The van der Waals surface area contributed by atoms with Gasteiger partial charge in [0.1, 0.15) is 11.6 Å². The highest BCUT2D eigenvalue weighted by molar-refractivity contribution is 5.95. The van der Waals surface area contributed by atoms with Crippen molar-refractivity contribution < 1.29 is 18.7 Å². The molecule has 0 saturated carbocycles. The number of nitrogens with one attached hydrogen (secondary N) is 1. The number of carbonyl (C=O) groups excluding carboxylic acids is 1. The van der Waals surface area contributed by atoms with Gasteiger partial charge in [-0.05, 0) is 24.6 Å². The Hall–Kier alpha value is -2.63. The van der Waals surface area contributed by atoms with E-state index in [9.17, 15) is 14.0 Å². The van der Waals surface area contributed by atoms with Gasteiger partial charge in [0.25, 0.3) is 5.56 Å². The van der Waals surface area contributed by atoms with Crippen molar-refractivity contribution in [3.05, 3.63) is 52.2 Å². The number of pyridine rings is 1. The fourth-order valence-corrected chi connectivity index (χ4v) is 1.96. The summed E-state index contributed by atoms with van der Waals surface area (Å²) in [5.41, 5.74) is 0.271. The van der Waals surface area contributed by atoms with Gasteiger partial charge in [-0.3, -0.25) is 4.79 Å². The first-order valence-corrected chi connectivity index (χ1v) is 6.31. The number of benzene rings is 1. The monoisotopic (exact) mass is 291 g/mol. The quantitative estimate of drug-likeness (QED) is 0.878. The maximum atomic E-state index is 13.0. The first-order chi connectivity index (χ1) is 10.1. The topological polar surface area (TPSA) is 68.4 Å². The number of rotatable bonds is 4. The number of aromatic nitrogens is 1. The lowest BCUT2D eigenvalue weighted by atomic mass is 10.0. The van der Waals surface area contributed by atoms with Crippen LogP contribution in [0.5, 0.6) is 5.75 Å². The molecule has 110 valence electrons. The second-order valence-corrected chi connectivity index (χ2v) is 4.17. The predicted octanol–water partition coefficient (Wildman–Crippen LogP) is 2.37. The Bertz CT molecular complexity index is 707. The molecule has 0 amide bonds. The molecule has 0 aliphatic heterocycles. The van der Waals surface area contributed by atoms with Crippen LogP contribution in [0.2, 0.25) is 0 Å². The number of aromatic amines is 1. The Morgan fingerprint density at radius 2 is 1.95 bits per heavy atom. The second kappa shape index (κ2) is 6.21. The molecule has 0 bridgehead atoms. The average molecular weight is 291 g/mol. The molecule has 0 atom stereocenters. The van der Waals surface area contributed by atoms with E-state index in [4.69, 9.17) is 9.47 Å². The van der Waals surface area contributed by atoms with Crippen LogP contribution in [0.3, 0.4) is 0 Å². The van der Waals surface area contributed by atoms with Gasteiger partial charge < -0.3 is 14.5 Å². The first-order valence-electron chi connectivity index (χ1n) is 6.31. The third kappa shape index (κ3) is 2.94. The lowest BCUT2D eigenvalue weighted by molar-refractivity contribution is 0.0520. The summed E-state index contributed by atoms with van der Waals surface area (Å²) in [6, 6.07) is 5.62. The molecule has 0 saturated heterocycles. The Morgan fingerprint density at radius 3 is 2.52 bits per heavy atom. The fraction of sp³-hybridized carbons (Fsp3) is 0.200. The molecule has 6 heteroatoms. The van der Waals surface area contributed by atoms with Gasteiger partial charge in [-0.25, -0.2) is 9.18 Å². The highest BCUT2D eigenvalue weighted by Gasteiger charge is 2.22. The van der Waals surface area contributed by atoms with E-state index in [0.29, 0.717) is 11.1 Å². The Morgan fingerprint density at radius 1 is 1.29 bits per heavy atom. The van der Waals surface area contributed by atoms with E-state index in [1.165, 1.54) is 37.6 Å². The summed E-state index contributed by atoms with van der Waals surface area (Å²) in [6.45, 7) is 1.78. The lowest BCUT2D eigenvalue weighted by Crippen LogP contribution is -2.21. The summed E-state index contributed by atoms with van der Waals surface area (Å²) in [7, 11) is 1.35. The molecule has 0 fully saturated rings. The zero-order valence-corrected chi connectivity index (χ0v) is 11.6.